The number of hydrogen-bond donors (Lipinski definition) is 0. The number of nitrogens with zero attached hydrogens (tertiary/aromatic N) is 3. The molecule has 0 amide bonds. The van der Waals surface area contributed by atoms with Crippen LogP contribution in [0.2, 0.25) is 0 Å². The molecule has 2 aromatic rings. The van der Waals surface area contributed by atoms with Crippen molar-refractivity contribution >= 4 is 21.7 Å². The highest BCUT2D eigenvalue weighted by atomic mass is 32.2. The van der Waals surface area contributed by atoms with Gasteiger partial charge < -0.3 is 14.4 Å². The van der Waals surface area contributed by atoms with Gasteiger partial charge in [-0.3, -0.25) is 0 Å². The molecule has 174 valence electrons. The van der Waals surface area contributed by atoms with E-state index in [0.29, 0.717) is 30.0 Å². The first kappa shape index (κ1) is 23.2. The van der Waals surface area contributed by atoms with Crippen molar-refractivity contribution in [2.75, 3.05) is 44.3 Å². The normalized spacial score (nSPS) is 17.4. The first-order chi connectivity index (χ1) is 16.0. The molecule has 0 aromatic heterocycles. The highest BCUT2D eigenvalue weighted by molar-refractivity contribution is 7.89. The largest absolute Gasteiger partial charge is 0.457 e. The summed E-state index contributed by atoms with van der Waals surface area (Å²) in [6.07, 6.45) is 3.15. The number of hydrogen-bond acceptors (Lipinski definition) is 7. The molecule has 0 atom stereocenters. The van der Waals surface area contributed by atoms with Crippen LogP contribution in [0, 0.1) is 11.3 Å². The molecular weight excluding hydrogens is 442 g/mol. The molecule has 4 rings (SSSR count). The Morgan fingerprint density at radius 1 is 1.03 bits per heavy atom. The summed E-state index contributed by atoms with van der Waals surface area (Å²) in [6, 6.07) is 13.7. The monoisotopic (exact) mass is 469 g/mol. The summed E-state index contributed by atoms with van der Waals surface area (Å²) in [7, 11) is -3.76. The number of esters is 1. The van der Waals surface area contributed by atoms with Crippen molar-refractivity contribution in [3.63, 3.8) is 0 Å². The molecule has 2 saturated heterocycles. The van der Waals surface area contributed by atoms with E-state index in [4.69, 9.17) is 9.47 Å². The lowest BCUT2D eigenvalue weighted by molar-refractivity contribution is 0.0472. The average molecular weight is 470 g/mol. The lowest BCUT2D eigenvalue weighted by Gasteiger charge is -2.31. The number of anilines is 1. The van der Waals surface area contributed by atoms with Crippen LogP contribution in [0.4, 0.5) is 5.69 Å². The van der Waals surface area contributed by atoms with Crippen LogP contribution in [0.1, 0.15) is 40.7 Å². The molecule has 2 heterocycles. The van der Waals surface area contributed by atoms with E-state index < -0.39 is 16.0 Å². The van der Waals surface area contributed by atoms with Gasteiger partial charge in [0, 0.05) is 31.7 Å². The van der Waals surface area contributed by atoms with Gasteiger partial charge in [0.15, 0.2) is 0 Å². The summed E-state index contributed by atoms with van der Waals surface area (Å²) in [4.78, 5) is 15.3. The van der Waals surface area contributed by atoms with Gasteiger partial charge in [-0.2, -0.15) is 9.57 Å². The van der Waals surface area contributed by atoms with Crippen molar-refractivity contribution in [2.45, 2.75) is 30.8 Å². The van der Waals surface area contributed by atoms with Crippen molar-refractivity contribution in [1.29, 1.82) is 5.26 Å². The van der Waals surface area contributed by atoms with Gasteiger partial charge in [-0.05, 0) is 43.5 Å². The molecule has 0 N–H and O–H groups in total. The van der Waals surface area contributed by atoms with Gasteiger partial charge >= 0.3 is 5.97 Å². The van der Waals surface area contributed by atoms with Crippen LogP contribution in [0.15, 0.2) is 47.4 Å². The Kier molecular flexibility index (Phi) is 7.28. The van der Waals surface area contributed by atoms with E-state index in [1.165, 1.54) is 10.4 Å². The predicted octanol–water partition coefficient (Wildman–Crippen LogP) is 2.93. The summed E-state index contributed by atoms with van der Waals surface area (Å²) >= 11 is 0. The highest BCUT2D eigenvalue weighted by Gasteiger charge is 2.29. The fraction of sp³-hybridized carbons (Fsp3) is 0.417. The summed E-state index contributed by atoms with van der Waals surface area (Å²) in [5, 5.41) is 9.29. The minimum absolute atomic E-state index is 0.0644. The maximum atomic E-state index is 13.2. The van der Waals surface area contributed by atoms with Gasteiger partial charge in [0.05, 0.1) is 41.0 Å². The van der Waals surface area contributed by atoms with Crippen molar-refractivity contribution in [3.05, 3.63) is 59.2 Å². The van der Waals surface area contributed by atoms with Gasteiger partial charge in [-0.25, -0.2) is 13.2 Å². The van der Waals surface area contributed by atoms with Crippen LogP contribution < -0.4 is 4.90 Å². The van der Waals surface area contributed by atoms with E-state index in [1.54, 1.807) is 36.4 Å². The molecule has 2 aliphatic heterocycles. The fourth-order valence-electron chi connectivity index (χ4n) is 4.16. The summed E-state index contributed by atoms with van der Waals surface area (Å²) < 4.78 is 38.6. The van der Waals surface area contributed by atoms with Gasteiger partial charge in [0.2, 0.25) is 10.0 Å². The van der Waals surface area contributed by atoms with Crippen LogP contribution >= 0.6 is 0 Å². The van der Waals surface area contributed by atoms with Crippen LogP contribution in [0.25, 0.3) is 0 Å². The lowest BCUT2D eigenvalue weighted by atomic mass is 10.1. The Morgan fingerprint density at radius 2 is 1.76 bits per heavy atom. The molecule has 2 fully saturated rings. The summed E-state index contributed by atoms with van der Waals surface area (Å²) in [6.45, 7) is 2.78. The zero-order valence-electron chi connectivity index (χ0n) is 18.4. The number of piperidine rings is 1. The van der Waals surface area contributed by atoms with Crippen molar-refractivity contribution < 1.29 is 22.7 Å². The number of morpholine rings is 1. The van der Waals surface area contributed by atoms with E-state index in [2.05, 4.69) is 11.0 Å². The van der Waals surface area contributed by atoms with E-state index in [0.717, 1.165) is 32.4 Å². The molecule has 0 saturated carbocycles. The first-order valence-electron chi connectivity index (χ1n) is 11.1. The number of ether oxygens (including phenoxy) is 2. The third kappa shape index (κ3) is 5.19. The number of carbonyl (C=O) groups is 1. The number of rotatable bonds is 6. The second-order valence-corrected chi connectivity index (χ2v) is 10.0. The van der Waals surface area contributed by atoms with Gasteiger partial charge in [-0.15, -0.1) is 0 Å². The van der Waals surface area contributed by atoms with Crippen molar-refractivity contribution in [1.82, 2.24) is 4.31 Å². The second-order valence-electron chi connectivity index (χ2n) is 8.09. The zero-order valence-corrected chi connectivity index (χ0v) is 19.2. The van der Waals surface area contributed by atoms with Crippen LogP contribution in [0.3, 0.4) is 0 Å². The van der Waals surface area contributed by atoms with E-state index in [9.17, 15) is 18.5 Å². The predicted molar refractivity (Wildman–Crippen MR) is 122 cm³/mol. The molecule has 2 aromatic carbocycles. The van der Waals surface area contributed by atoms with Gasteiger partial charge in [0.1, 0.15) is 6.61 Å². The number of benzene rings is 2. The minimum Gasteiger partial charge on any atom is -0.457 e. The third-order valence-corrected chi connectivity index (χ3v) is 7.88. The van der Waals surface area contributed by atoms with Gasteiger partial charge in [0.25, 0.3) is 0 Å². The molecule has 8 nitrogen and oxygen atoms in total. The number of sulfonamides is 1. The van der Waals surface area contributed by atoms with Crippen LogP contribution in [-0.4, -0.2) is 58.1 Å². The van der Waals surface area contributed by atoms with Crippen molar-refractivity contribution in [3.8, 4) is 6.07 Å². The van der Waals surface area contributed by atoms with E-state index in [-0.39, 0.29) is 30.2 Å². The Balaban J connectivity index is 1.64. The van der Waals surface area contributed by atoms with Crippen LogP contribution in [-0.2, 0) is 26.1 Å². The highest BCUT2D eigenvalue weighted by Crippen LogP contribution is 2.29. The molecular formula is C24H27N3O5S. The molecule has 33 heavy (non-hydrogen) atoms. The maximum absolute atomic E-state index is 13.2. The average Bonchev–Trinajstić information content (AvgIpc) is 2.88. The molecule has 2 aliphatic rings. The SMILES string of the molecule is N#Cc1ccccc1COC(=O)c1cc(S(=O)(=O)N2CCOCC2)ccc1N1CCCCC1. The molecule has 0 bridgehead atoms. The summed E-state index contributed by atoms with van der Waals surface area (Å²) in [5.41, 5.74) is 1.94. The maximum Gasteiger partial charge on any atom is 0.340 e. The van der Waals surface area contributed by atoms with Crippen LogP contribution in [0.5, 0.6) is 0 Å². The Hall–Kier alpha value is -2.93. The molecule has 0 radical (unpaired) electrons. The van der Waals surface area contributed by atoms with Gasteiger partial charge in [-0.1, -0.05) is 18.2 Å². The summed E-state index contributed by atoms with van der Waals surface area (Å²) in [5.74, 6) is -0.609. The number of nitriles is 1. The van der Waals surface area contributed by atoms with Crippen molar-refractivity contribution in [2.24, 2.45) is 0 Å². The second kappa shape index (κ2) is 10.3. The quantitative estimate of drug-likeness (QED) is 0.600. The zero-order chi connectivity index (χ0) is 23.3. The minimum atomic E-state index is -3.76. The van der Waals surface area contributed by atoms with E-state index >= 15 is 0 Å². The molecule has 0 spiro atoms. The molecule has 9 heteroatoms. The Labute approximate surface area is 194 Å². The lowest BCUT2D eigenvalue weighted by Crippen LogP contribution is -2.40. The smallest absolute Gasteiger partial charge is 0.340 e. The third-order valence-electron chi connectivity index (χ3n) is 5.99. The van der Waals surface area contributed by atoms with E-state index in [1.807, 2.05) is 0 Å². The molecule has 0 aliphatic carbocycles. The first-order valence-corrected chi connectivity index (χ1v) is 12.6. The topological polar surface area (TPSA) is 99.9 Å². The standard InChI is InChI=1S/C24H27N3O5S/c25-17-19-6-2-3-7-20(19)18-32-24(28)22-16-21(33(29,30)27-12-14-31-15-13-27)8-9-23(22)26-10-4-1-5-11-26/h2-3,6-9,16H,1,4-5,10-15,18H2. The Morgan fingerprint density at radius 3 is 2.48 bits per heavy atom. The fourth-order valence-corrected chi connectivity index (χ4v) is 5.60. The molecule has 0 unspecified atom stereocenters. The number of carbonyl (C=O) groups excluding carboxylic acids is 1. The Bertz CT molecular complexity index is 1150.